The molecule has 0 unspecified atom stereocenters. The molecule has 1 saturated carbocycles. The molecule has 7 nitrogen and oxygen atoms in total. The van der Waals surface area contributed by atoms with Crippen molar-refractivity contribution in [3.63, 3.8) is 0 Å². The molecule has 2 N–H and O–H groups in total. The van der Waals surface area contributed by atoms with Gasteiger partial charge in [-0.05, 0) is 26.8 Å². The summed E-state index contributed by atoms with van der Waals surface area (Å²) in [7, 11) is -1.45. The number of H-pyrrole nitrogens is 1. The highest BCUT2D eigenvalue weighted by Gasteiger charge is 2.33. The molecule has 21 heavy (non-hydrogen) atoms. The Morgan fingerprint density at radius 1 is 1.29 bits per heavy atom. The van der Waals surface area contributed by atoms with Gasteiger partial charge in [0.05, 0.1) is 11.4 Å². The molecule has 0 bridgehead atoms. The first kappa shape index (κ1) is 15.0. The summed E-state index contributed by atoms with van der Waals surface area (Å²) < 4.78 is 27.3. The van der Waals surface area contributed by atoms with Crippen LogP contribution < -0.4 is 5.32 Å². The fraction of sp³-hybridized carbons (Fsp3) is 0.769. The second-order valence-corrected chi connectivity index (χ2v) is 7.86. The standard InChI is InChI=1S/C13H23N5O2S/c1-10-13(12(16-15-10)9-14-11-3-4-11)21(19,20)18-7-5-17(2)6-8-18/h11,14H,3-9H2,1-2H3,(H,15,16). The van der Waals surface area contributed by atoms with Crippen LogP contribution in [0.5, 0.6) is 0 Å². The zero-order valence-electron chi connectivity index (χ0n) is 12.6. The molecule has 2 heterocycles. The minimum Gasteiger partial charge on any atom is -0.308 e. The van der Waals surface area contributed by atoms with E-state index in [1.807, 2.05) is 7.05 Å². The van der Waals surface area contributed by atoms with E-state index in [0.717, 1.165) is 13.1 Å². The zero-order valence-corrected chi connectivity index (χ0v) is 13.4. The van der Waals surface area contributed by atoms with Crippen molar-refractivity contribution < 1.29 is 8.42 Å². The van der Waals surface area contributed by atoms with E-state index < -0.39 is 10.0 Å². The van der Waals surface area contributed by atoms with Crippen molar-refractivity contribution in [1.29, 1.82) is 0 Å². The van der Waals surface area contributed by atoms with Gasteiger partial charge >= 0.3 is 0 Å². The highest BCUT2D eigenvalue weighted by atomic mass is 32.2. The summed E-state index contributed by atoms with van der Waals surface area (Å²) in [4.78, 5) is 2.50. The molecule has 0 spiro atoms. The third kappa shape index (κ3) is 3.13. The maximum Gasteiger partial charge on any atom is 0.246 e. The van der Waals surface area contributed by atoms with Crippen LogP contribution in [0.1, 0.15) is 24.2 Å². The van der Waals surface area contributed by atoms with Crippen molar-refractivity contribution >= 4 is 10.0 Å². The van der Waals surface area contributed by atoms with E-state index >= 15 is 0 Å². The smallest absolute Gasteiger partial charge is 0.246 e. The minimum atomic E-state index is -3.46. The van der Waals surface area contributed by atoms with Crippen LogP contribution in [0, 0.1) is 6.92 Å². The number of nitrogens with zero attached hydrogens (tertiary/aromatic N) is 3. The molecule has 8 heteroatoms. The Morgan fingerprint density at radius 3 is 2.57 bits per heavy atom. The Labute approximate surface area is 125 Å². The molecule has 1 aromatic rings. The predicted molar refractivity (Wildman–Crippen MR) is 79.4 cm³/mol. The van der Waals surface area contributed by atoms with Crippen molar-refractivity contribution in [2.45, 2.75) is 37.2 Å². The predicted octanol–water partition coefficient (Wildman–Crippen LogP) is -0.0938. The van der Waals surface area contributed by atoms with Crippen LogP contribution in [0.4, 0.5) is 0 Å². The average molecular weight is 313 g/mol. The number of sulfonamides is 1. The van der Waals surface area contributed by atoms with Gasteiger partial charge in [0.1, 0.15) is 4.90 Å². The summed E-state index contributed by atoms with van der Waals surface area (Å²) in [6.07, 6.45) is 2.34. The lowest BCUT2D eigenvalue weighted by atomic mass is 10.3. The van der Waals surface area contributed by atoms with Gasteiger partial charge in [-0.2, -0.15) is 9.40 Å². The summed E-state index contributed by atoms with van der Waals surface area (Å²) in [6.45, 7) is 4.91. The van der Waals surface area contributed by atoms with Crippen molar-refractivity contribution in [3.8, 4) is 0 Å². The molecule has 0 aromatic carbocycles. The summed E-state index contributed by atoms with van der Waals surface area (Å²) in [5.74, 6) is 0. The van der Waals surface area contributed by atoms with Gasteiger partial charge in [0.15, 0.2) is 0 Å². The number of nitrogens with one attached hydrogen (secondary N) is 2. The Morgan fingerprint density at radius 2 is 1.95 bits per heavy atom. The lowest BCUT2D eigenvalue weighted by molar-refractivity contribution is 0.222. The van der Waals surface area contributed by atoms with Gasteiger partial charge in [-0.25, -0.2) is 8.42 Å². The van der Waals surface area contributed by atoms with Crippen LogP contribution in [0.2, 0.25) is 0 Å². The third-order valence-electron chi connectivity index (χ3n) is 4.16. The molecule has 1 aliphatic carbocycles. The topological polar surface area (TPSA) is 81.3 Å². The number of hydrogen-bond donors (Lipinski definition) is 2. The Bertz CT molecular complexity index is 600. The largest absolute Gasteiger partial charge is 0.308 e. The first-order chi connectivity index (χ1) is 9.98. The summed E-state index contributed by atoms with van der Waals surface area (Å²) in [5.41, 5.74) is 1.24. The molecule has 118 valence electrons. The SMILES string of the molecule is Cc1[nH]nc(CNC2CC2)c1S(=O)(=O)N1CCN(C)CC1. The molecule has 0 amide bonds. The second-order valence-electron chi connectivity index (χ2n) is 5.99. The van der Waals surface area contributed by atoms with Crippen LogP contribution in [-0.2, 0) is 16.6 Å². The van der Waals surface area contributed by atoms with Crippen LogP contribution >= 0.6 is 0 Å². The number of likely N-dealkylation sites (N-methyl/N-ethyl adjacent to an activating group) is 1. The summed E-state index contributed by atoms with van der Waals surface area (Å²) in [5, 5.41) is 10.4. The van der Waals surface area contributed by atoms with Crippen molar-refractivity contribution in [1.82, 2.24) is 24.7 Å². The van der Waals surface area contributed by atoms with Crippen LogP contribution in [0.25, 0.3) is 0 Å². The fourth-order valence-corrected chi connectivity index (χ4v) is 4.37. The third-order valence-corrected chi connectivity index (χ3v) is 6.26. The molecule has 2 fully saturated rings. The monoisotopic (exact) mass is 313 g/mol. The lowest BCUT2D eigenvalue weighted by Crippen LogP contribution is -2.47. The first-order valence-electron chi connectivity index (χ1n) is 7.44. The van der Waals surface area contributed by atoms with Gasteiger partial charge in [-0.15, -0.1) is 0 Å². The average Bonchev–Trinajstić information content (AvgIpc) is 3.19. The molecular formula is C13H23N5O2S. The minimum absolute atomic E-state index is 0.361. The Kier molecular flexibility index (Phi) is 4.04. The maximum atomic E-state index is 12.9. The van der Waals surface area contributed by atoms with E-state index in [-0.39, 0.29) is 0 Å². The number of aromatic nitrogens is 2. The molecule has 2 aliphatic rings. The van der Waals surface area contributed by atoms with E-state index in [1.165, 1.54) is 12.8 Å². The van der Waals surface area contributed by atoms with E-state index in [4.69, 9.17) is 0 Å². The lowest BCUT2D eigenvalue weighted by Gasteiger charge is -2.31. The van der Waals surface area contributed by atoms with E-state index in [9.17, 15) is 8.42 Å². The van der Waals surface area contributed by atoms with Gasteiger partial charge in [0, 0.05) is 38.8 Å². The number of hydrogen-bond acceptors (Lipinski definition) is 5. The van der Waals surface area contributed by atoms with Crippen LogP contribution in [0.3, 0.4) is 0 Å². The highest BCUT2D eigenvalue weighted by Crippen LogP contribution is 2.25. The Balaban J connectivity index is 1.81. The first-order valence-corrected chi connectivity index (χ1v) is 8.88. The summed E-state index contributed by atoms with van der Waals surface area (Å²) >= 11 is 0. The van der Waals surface area contributed by atoms with Crippen molar-refractivity contribution in [2.24, 2.45) is 0 Å². The van der Waals surface area contributed by atoms with E-state index in [1.54, 1.807) is 11.2 Å². The van der Waals surface area contributed by atoms with E-state index in [2.05, 4.69) is 20.4 Å². The molecule has 0 radical (unpaired) electrons. The van der Waals surface area contributed by atoms with Crippen molar-refractivity contribution in [2.75, 3.05) is 33.2 Å². The van der Waals surface area contributed by atoms with Gasteiger partial charge in [-0.3, -0.25) is 5.10 Å². The van der Waals surface area contributed by atoms with Crippen molar-refractivity contribution in [3.05, 3.63) is 11.4 Å². The fourth-order valence-electron chi connectivity index (χ4n) is 2.62. The summed E-state index contributed by atoms with van der Waals surface area (Å²) in [6, 6.07) is 0.529. The van der Waals surface area contributed by atoms with E-state index in [0.29, 0.717) is 42.0 Å². The number of aromatic amines is 1. The molecular weight excluding hydrogens is 290 g/mol. The van der Waals surface area contributed by atoms with Crippen LogP contribution in [-0.4, -0.2) is 67.1 Å². The molecule has 1 aromatic heterocycles. The zero-order chi connectivity index (χ0) is 15.0. The van der Waals surface area contributed by atoms with Gasteiger partial charge < -0.3 is 10.2 Å². The van der Waals surface area contributed by atoms with Crippen LogP contribution in [0.15, 0.2) is 4.90 Å². The number of rotatable bonds is 5. The molecule has 0 atom stereocenters. The Hall–Kier alpha value is -0.960. The molecule has 3 rings (SSSR count). The maximum absolute atomic E-state index is 12.9. The van der Waals surface area contributed by atoms with Gasteiger partial charge in [0.25, 0.3) is 0 Å². The van der Waals surface area contributed by atoms with Gasteiger partial charge in [0.2, 0.25) is 10.0 Å². The normalized spacial score (nSPS) is 21.8. The van der Waals surface area contributed by atoms with Gasteiger partial charge in [-0.1, -0.05) is 0 Å². The molecule has 1 saturated heterocycles. The second kappa shape index (κ2) is 5.68. The quantitative estimate of drug-likeness (QED) is 0.794. The molecule has 1 aliphatic heterocycles. The number of aryl methyl sites for hydroxylation is 1. The number of piperazine rings is 1. The highest BCUT2D eigenvalue weighted by molar-refractivity contribution is 7.89.